The minimum Gasteiger partial charge on any atom is -0.349 e. The van der Waals surface area contributed by atoms with Gasteiger partial charge in [0.2, 0.25) is 15.9 Å². The predicted molar refractivity (Wildman–Crippen MR) is 114 cm³/mol. The van der Waals surface area contributed by atoms with E-state index in [0.717, 1.165) is 27.4 Å². The van der Waals surface area contributed by atoms with E-state index in [0.29, 0.717) is 0 Å². The van der Waals surface area contributed by atoms with Gasteiger partial charge in [-0.1, -0.05) is 30.3 Å². The number of amides is 1. The van der Waals surface area contributed by atoms with Crippen LogP contribution in [-0.2, 0) is 27.5 Å². The number of nitrogens with one attached hydrogen (secondary N) is 2. The predicted octanol–water partition coefficient (Wildman–Crippen LogP) is 2.89. The smallest absolute Gasteiger partial charge is 0.349 e. The molecule has 0 bridgehead atoms. The lowest BCUT2D eigenvalue weighted by Crippen LogP contribution is -2.31. The fraction of sp³-hybridized carbons (Fsp3) is 0.190. The summed E-state index contributed by atoms with van der Waals surface area (Å²) in [6.45, 7) is -0.321. The van der Waals surface area contributed by atoms with Crippen molar-refractivity contribution in [1.82, 2.24) is 24.6 Å². The fourth-order valence-corrected chi connectivity index (χ4v) is 4.28. The molecule has 0 aliphatic carbocycles. The Labute approximate surface area is 186 Å². The number of hydrogen-bond donors (Lipinski definition) is 2. The molecule has 0 radical (unpaired) electrons. The van der Waals surface area contributed by atoms with E-state index in [2.05, 4.69) is 20.2 Å². The van der Waals surface area contributed by atoms with Gasteiger partial charge in [0, 0.05) is 19.2 Å². The molecule has 2 N–H and O–H groups in total. The van der Waals surface area contributed by atoms with E-state index in [9.17, 15) is 26.4 Å². The summed E-state index contributed by atoms with van der Waals surface area (Å²) >= 11 is 0. The molecule has 4 aromatic rings. The third-order valence-corrected chi connectivity index (χ3v) is 6.38. The molecule has 0 fully saturated rings. The molecule has 1 amide bonds. The molecule has 0 atom stereocenters. The van der Waals surface area contributed by atoms with Crippen LogP contribution in [0.2, 0.25) is 0 Å². The van der Waals surface area contributed by atoms with Gasteiger partial charge in [0.25, 0.3) is 0 Å². The van der Waals surface area contributed by atoms with Gasteiger partial charge in [0.15, 0.2) is 11.5 Å². The van der Waals surface area contributed by atoms with Crippen LogP contribution in [0.1, 0.15) is 17.8 Å². The molecule has 0 saturated heterocycles. The molecule has 2 aromatic heterocycles. The summed E-state index contributed by atoms with van der Waals surface area (Å²) < 4.78 is 67.3. The molecule has 2 aromatic carbocycles. The minimum atomic E-state index is -4.53. The molecular formula is C21H18F3N5O3S. The number of halogens is 3. The molecule has 172 valence electrons. The topological polar surface area (TPSA) is 105 Å². The van der Waals surface area contributed by atoms with Gasteiger partial charge in [-0.3, -0.25) is 9.20 Å². The number of rotatable bonds is 7. The van der Waals surface area contributed by atoms with E-state index in [1.165, 1.54) is 12.1 Å². The largest absolute Gasteiger partial charge is 0.417 e. The molecule has 2 heterocycles. The van der Waals surface area contributed by atoms with Crippen molar-refractivity contribution >= 4 is 32.4 Å². The molecule has 4 rings (SSSR count). The van der Waals surface area contributed by atoms with Crippen LogP contribution < -0.4 is 10.0 Å². The molecule has 0 spiro atoms. The van der Waals surface area contributed by atoms with Crippen molar-refractivity contribution in [2.24, 2.45) is 0 Å². The highest BCUT2D eigenvalue weighted by Crippen LogP contribution is 2.29. The van der Waals surface area contributed by atoms with E-state index in [-0.39, 0.29) is 35.9 Å². The Morgan fingerprint density at radius 3 is 2.52 bits per heavy atom. The van der Waals surface area contributed by atoms with Gasteiger partial charge in [0.1, 0.15) is 0 Å². The summed E-state index contributed by atoms with van der Waals surface area (Å²) in [5, 5.41) is 11.7. The average molecular weight is 477 g/mol. The third-order valence-electron chi connectivity index (χ3n) is 4.92. The van der Waals surface area contributed by atoms with Gasteiger partial charge in [-0.2, -0.15) is 13.2 Å². The van der Waals surface area contributed by atoms with Gasteiger partial charge in [-0.15, -0.1) is 10.2 Å². The van der Waals surface area contributed by atoms with E-state index in [4.69, 9.17) is 0 Å². The number of carbonyl (C=O) groups excluding carboxylic acids is 1. The number of carbonyl (C=O) groups is 1. The number of nitrogens with zero attached hydrogens (tertiary/aromatic N) is 3. The molecule has 0 aliphatic heterocycles. The highest BCUT2D eigenvalue weighted by Gasteiger charge is 2.31. The maximum Gasteiger partial charge on any atom is 0.417 e. The Balaban J connectivity index is 1.34. The number of aromatic nitrogens is 3. The molecule has 12 heteroatoms. The fourth-order valence-electron chi connectivity index (χ4n) is 3.21. The molecule has 8 nitrogen and oxygen atoms in total. The summed E-state index contributed by atoms with van der Waals surface area (Å²) in [6.07, 6.45) is -3.84. The first-order valence-electron chi connectivity index (χ1n) is 9.79. The van der Waals surface area contributed by atoms with E-state index in [1.807, 2.05) is 12.1 Å². The SMILES string of the molecule is O=C(CCNS(=O)(=O)c1ccc2ccccc2c1)NCc1nnc2ccc(C(F)(F)F)cn12. The van der Waals surface area contributed by atoms with Crippen molar-refractivity contribution in [3.8, 4) is 0 Å². The Morgan fingerprint density at radius 2 is 1.76 bits per heavy atom. The van der Waals surface area contributed by atoms with Crippen LogP contribution in [0.15, 0.2) is 65.7 Å². The first-order chi connectivity index (χ1) is 15.6. The Hall–Kier alpha value is -3.51. The van der Waals surface area contributed by atoms with Crippen molar-refractivity contribution in [1.29, 1.82) is 0 Å². The standard InChI is InChI=1S/C21H18F3N5O3S/c22-21(23,24)16-6-8-18-27-28-19(29(18)13-16)12-25-20(30)9-10-26-33(31,32)17-7-5-14-3-1-2-4-15(14)11-17/h1-8,11,13,26H,9-10,12H2,(H,25,30). The van der Waals surface area contributed by atoms with Crippen molar-refractivity contribution in [3.63, 3.8) is 0 Å². The van der Waals surface area contributed by atoms with E-state index < -0.39 is 27.7 Å². The summed E-state index contributed by atoms with van der Waals surface area (Å²) in [5.74, 6) is -0.388. The number of pyridine rings is 1. The number of fused-ring (bicyclic) bond motifs is 2. The second-order valence-electron chi connectivity index (χ2n) is 7.19. The molecular weight excluding hydrogens is 459 g/mol. The summed E-state index contributed by atoms with van der Waals surface area (Å²) in [5.41, 5.74) is -0.666. The first kappa shape index (κ1) is 22.7. The normalized spacial score (nSPS) is 12.3. The van der Waals surface area contributed by atoms with Crippen molar-refractivity contribution < 1.29 is 26.4 Å². The molecule has 0 saturated carbocycles. The Bertz CT molecular complexity index is 1430. The van der Waals surface area contributed by atoms with Crippen LogP contribution in [-0.4, -0.2) is 35.5 Å². The van der Waals surface area contributed by atoms with Gasteiger partial charge < -0.3 is 5.32 Å². The second-order valence-corrected chi connectivity index (χ2v) is 8.96. The van der Waals surface area contributed by atoms with Crippen LogP contribution >= 0.6 is 0 Å². The van der Waals surface area contributed by atoms with Crippen LogP contribution in [0.25, 0.3) is 16.4 Å². The van der Waals surface area contributed by atoms with E-state index in [1.54, 1.807) is 24.3 Å². The van der Waals surface area contributed by atoms with Crippen LogP contribution in [0.4, 0.5) is 13.2 Å². The summed E-state index contributed by atoms with van der Waals surface area (Å²) in [7, 11) is -3.82. The highest BCUT2D eigenvalue weighted by molar-refractivity contribution is 7.89. The zero-order valence-corrected chi connectivity index (χ0v) is 17.8. The minimum absolute atomic E-state index is 0.0806. The quantitative estimate of drug-likeness (QED) is 0.426. The molecule has 0 unspecified atom stereocenters. The van der Waals surface area contributed by atoms with Gasteiger partial charge in [-0.25, -0.2) is 13.1 Å². The number of hydrogen-bond acceptors (Lipinski definition) is 5. The van der Waals surface area contributed by atoms with Crippen LogP contribution in [0.3, 0.4) is 0 Å². The monoisotopic (exact) mass is 477 g/mol. The van der Waals surface area contributed by atoms with Gasteiger partial charge in [0.05, 0.1) is 17.0 Å². The second kappa shape index (κ2) is 8.79. The lowest BCUT2D eigenvalue weighted by Gasteiger charge is -2.09. The maximum atomic E-state index is 12.9. The van der Waals surface area contributed by atoms with Crippen molar-refractivity contribution in [2.75, 3.05) is 6.54 Å². The zero-order chi connectivity index (χ0) is 23.6. The highest BCUT2D eigenvalue weighted by atomic mass is 32.2. The Morgan fingerprint density at radius 1 is 1.00 bits per heavy atom. The van der Waals surface area contributed by atoms with Gasteiger partial charge in [-0.05, 0) is 35.0 Å². The maximum absolute atomic E-state index is 12.9. The molecule has 33 heavy (non-hydrogen) atoms. The van der Waals surface area contributed by atoms with Crippen molar-refractivity contribution in [2.45, 2.75) is 24.0 Å². The summed E-state index contributed by atoms with van der Waals surface area (Å²) in [4.78, 5) is 12.2. The third kappa shape index (κ3) is 5.12. The average Bonchev–Trinajstić information content (AvgIpc) is 3.19. The van der Waals surface area contributed by atoms with Gasteiger partial charge >= 0.3 is 6.18 Å². The Kier molecular flexibility index (Phi) is 6.04. The lowest BCUT2D eigenvalue weighted by molar-refractivity contribution is -0.137. The first-order valence-corrected chi connectivity index (χ1v) is 11.3. The number of benzene rings is 2. The number of sulfonamides is 1. The zero-order valence-electron chi connectivity index (χ0n) is 17.0. The molecule has 0 aliphatic rings. The van der Waals surface area contributed by atoms with E-state index >= 15 is 0 Å². The van der Waals surface area contributed by atoms with Crippen molar-refractivity contribution in [3.05, 3.63) is 72.2 Å². The van der Waals surface area contributed by atoms with Crippen LogP contribution in [0.5, 0.6) is 0 Å². The number of alkyl halides is 3. The lowest BCUT2D eigenvalue weighted by atomic mass is 10.1. The van der Waals surface area contributed by atoms with Crippen LogP contribution in [0, 0.1) is 0 Å². The summed E-state index contributed by atoms with van der Waals surface area (Å²) in [6, 6.07) is 14.1.